The van der Waals surface area contributed by atoms with Crippen molar-refractivity contribution in [3.63, 3.8) is 0 Å². The third-order valence-corrected chi connectivity index (χ3v) is 2.58. The number of hydrogen-bond donors (Lipinski definition) is 0. The number of methoxy groups -OCH3 is 1. The molecule has 0 spiro atoms. The Morgan fingerprint density at radius 2 is 2.06 bits per heavy atom. The van der Waals surface area contributed by atoms with Crippen molar-refractivity contribution in [3.8, 4) is 0 Å². The van der Waals surface area contributed by atoms with Crippen LogP contribution in [0.25, 0.3) is 0 Å². The van der Waals surface area contributed by atoms with Crippen LogP contribution in [0.15, 0.2) is 36.8 Å². The number of aryl methyl sites for hydroxylation is 1. The molecule has 2 aromatic rings. The summed E-state index contributed by atoms with van der Waals surface area (Å²) in [4.78, 5) is 15.4. The number of hydrogen-bond acceptors (Lipinski definition) is 3. The zero-order chi connectivity index (χ0) is 12.3. The number of imidazole rings is 1. The summed E-state index contributed by atoms with van der Waals surface area (Å²) in [5, 5.41) is 0. The van der Waals surface area contributed by atoms with Gasteiger partial charge >= 0.3 is 5.97 Å². The van der Waals surface area contributed by atoms with E-state index in [0.29, 0.717) is 12.2 Å². The number of benzene rings is 1. The Kier molecular flexibility index (Phi) is 3.23. The normalized spacial score (nSPS) is 10.2. The average molecular weight is 230 g/mol. The topological polar surface area (TPSA) is 44.1 Å². The lowest BCUT2D eigenvalue weighted by molar-refractivity contribution is 0.0589. The van der Waals surface area contributed by atoms with Crippen LogP contribution in [0.2, 0.25) is 0 Å². The van der Waals surface area contributed by atoms with Crippen molar-refractivity contribution in [2.24, 2.45) is 0 Å². The van der Waals surface area contributed by atoms with E-state index in [-0.39, 0.29) is 5.97 Å². The molecular weight excluding hydrogens is 216 g/mol. The van der Waals surface area contributed by atoms with E-state index in [1.807, 2.05) is 31.2 Å². The fraction of sp³-hybridized carbons (Fsp3) is 0.231. The van der Waals surface area contributed by atoms with Crippen molar-refractivity contribution in [1.82, 2.24) is 9.55 Å². The van der Waals surface area contributed by atoms with Crippen molar-refractivity contribution in [2.45, 2.75) is 13.5 Å². The van der Waals surface area contributed by atoms with Crippen LogP contribution in [-0.4, -0.2) is 22.6 Å². The number of rotatable bonds is 3. The Morgan fingerprint density at radius 1 is 1.35 bits per heavy atom. The molecule has 1 heterocycles. The van der Waals surface area contributed by atoms with Gasteiger partial charge in [0, 0.05) is 6.54 Å². The summed E-state index contributed by atoms with van der Waals surface area (Å²) in [6, 6.07) is 8.17. The molecule has 0 aliphatic carbocycles. The molecule has 0 unspecified atom stereocenters. The first-order valence-corrected chi connectivity index (χ1v) is 5.34. The zero-order valence-corrected chi connectivity index (χ0v) is 9.88. The lowest BCUT2D eigenvalue weighted by atomic mass is 10.1. The highest BCUT2D eigenvalue weighted by Gasteiger charge is 2.11. The first-order valence-electron chi connectivity index (χ1n) is 5.34. The van der Waals surface area contributed by atoms with E-state index in [1.54, 1.807) is 10.9 Å². The van der Waals surface area contributed by atoms with Gasteiger partial charge in [-0.25, -0.2) is 9.78 Å². The summed E-state index contributed by atoms with van der Waals surface area (Å²) in [6.45, 7) is 2.66. The fourth-order valence-corrected chi connectivity index (χ4v) is 1.61. The van der Waals surface area contributed by atoms with E-state index in [9.17, 15) is 4.79 Å². The number of ether oxygens (including phenoxy) is 1. The Labute approximate surface area is 99.9 Å². The van der Waals surface area contributed by atoms with Crippen LogP contribution in [0, 0.1) is 6.92 Å². The van der Waals surface area contributed by atoms with Crippen LogP contribution >= 0.6 is 0 Å². The second-order valence-corrected chi connectivity index (χ2v) is 3.88. The average Bonchev–Trinajstić information content (AvgIpc) is 2.79. The second kappa shape index (κ2) is 4.82. The maximum Gasteiger partial charge on any atom is 0.356 e. The predicted molar refractivity (Wildman–Crippen MR) is 63.8 cm³/mol. The second-order valence-electron chi connectivity index (χ2n) is 3.88. The molecule has 0 aliphatic heterocycles. The molecule has 4 heteroatoms. The van der Waals surface area contributed by atoms with Gasteiger partial charge in [0.1, 0.15) is 5.69 Å². The molecule has 0 N–H and O–H groups in total. The van der Waals surface area contributed by atoms with Gasteiger partial charge in [0.2, 0.25) is 0 Å². The SMILES string of the molecule is COC(=O)c1cncn1Cc1ccc(C)cc1. The molecule has 2 rings (SSSR count). The molecule has 1 aromatic carbocycles. The van der Waals surface area contributed by atoms with E-state index in [2.05, 4.69) is 4.98 Å². The van der Waals surface area contributed by atoms with E-state index >= 15 is 0 Å². The van der Waals surface area contributed by atoms with E-state index in [4.69, 9.17) is 4.74 Å². The molecule has 0 atom stereocenters. The number of carbonyl (C=O) groups is 1. The largest absolute Gasteiger partial charge is 0.464 e. The number of aromatic nitrogens is 2. The monoisotopic (exact) mass is 230 g/mol. The van der Waals surface area contributed by atoms with Gasteiger partial charge in [0.25, 0.3) is 0 Å². The lowest BCUT2D eigenvalue weighted by Crippen LogP contribution is -2.10. The van der Waals surface area contributed by atoms with Gasteiger partial charge in [-0.3, -0.25) is 0 Å². The Balaban J connectivity index is 2.21. The van der Waals surface area contributed by atoms with Gasteiger partial charge in [-0.15, -0.1) is 0 Å². The molecule has 0 amide bonds. The van der Waals surface area contributed by atoms with Crippen LogP contribution in [0.4, 0.5) is 0 Å². The van der Waals surface area contributed by atoms with Crippen molar-refractivity contribution in [2.75, 3.05) is 7.11 Å². The van der Waals surface area contributed by atoms with E-state index in [1.165, 1.54) is 18.9 Å². The molecule has 0 saturated heterocycles. The molecule has 0 radical (unpaired) electrons. The minimum absolute atomic E-state index is 0.366. The Hall–Kier alpha value is -2.10. The first-order chi connectivity index (χ1) is 8.20. The van der Waals surface area contributed by atoms with Crippen molar-refractivity contribution >= 4 is 5.97 Å². The summed E-state index contributed by atoms with van der Waals surface area (Å²) in [5.41, 5.74) is 2.81. The third kappa shape index (κ3) is 2.53. The highest BCUT2D eigenvalue weighted by Crippen LogP contribution is 2.08. The van der Waals surface area contributed by atoms with Crippen LogP contribution in [0.1, 0.15) is 21.6 Å². The molecule has 0 saturated carbocycles. The predicted octanol–water partition coefficient (Wildman–Crippen LogP) is 2.03. The summed E-state index contributed by atoms with van der Waals surface area (Å²) in [7, 11) is 1.37. The molecule has 0 fully saturated rings. The maximum absolute atomic E-state index is 11.5. The molecular formula is C13H14N2O2. The van der Waals surface area contributed by atoms with Gasteiger partial charge in [-0.1, -0.05) is 29.8 Å². The Morgan fingerprint density at radius 3 is 2.71 bits per heavy atom. The smallest absolute Gasteiger partial charge is 0.356 e. The van der Waals surface area contributed by atoms with Crippen molar-refractivity contribution < 1.29 is 9.53 Å². The van der Waals surface area contributed by atoms with Crippen LogP contribution in [-0.2, 0) is 11.3 Å². The fourth-order valence-electron chi connectivity index (χ4n) is 1.61. The maximum atomic E-state index is 11.5. The molecule has 1 aromatic heterocycles. The summed E-state index contributed by atoms with van der Waals surface area (Å²) in [5.74, 6) is -0.366. The minimum atomic E-state index is -0.366. The number of carbonyl (C=O) groups excluding carboxylic acids is 1. The van der Waals surface area contributed by atoms with Crippen molar-refractivity contribution in [3.05, 3.63) is 53.6 Å². The first kappa shape index (κ1) is 11.4. The van der Waals surface area contributed by atoms with E-state index < -0.39 is 0 Å². The quantitative estimate of drug-likeness (QED) is 0.758. The molecule has 4 nitrogen and oxygen atoms in total. The Bertz CT molecular complexity index is 514. The minimum Gasteiger partial charge on any atom is -0.464 e. The van der Waals surface area contributed by atoms with Crippen LogP contribution in [0.3, 0.4) is 0 Å². The molecule has 0 bridgehead atoms. The molecule has 17 heavy (non-hydrogen) atoms. The number of nitrogens with zero attached hydrogens (tertiary/aromatic N) is 2. The van der Waals surface area contributed by atoms with Gasteiger partial charge in [-0.2, -0.15) is 0 Å². The summed E-state index contributed by atoms with van der Waals surface area (Å²) < 4.78 is 6.47. The van der Waals surface area contributed by atoms with Gasteiger partial charge in [0.05, 0.1) is 19.6 Å². The van der Waals surface area contributed by atoms with Gasteiger partial charge in [0.15, 0.2) is 0 Å². The summed E-state index contributed by atoms with van der Waals surface area (Å²) >= 11 is 0. The van der Waals surface area contributed by atoms with Crippen LogP contribution < -0.4 is 0 Å². The standard InChI is InChI=1S/C13H14N2O2/c1-10-3-5-11(6-4-10)8-15-9-14-7-12(15)13(16)17-2/h3-7,9H,8H2,1-2H3. The lowest BCUT2D eigenvalue weighted by Gasteiger charge is -2.06. The highest BCUT2D eigenvalue weighted by molar-refractivity contribution is 5.87. The van der Waals surface area contributed by atoms with Gasteiger partial charge in [-0.05, 0) is 12.5 Å². The third-order valence-electron chi connectivity index (χ3n) is 2.58. The van der Waals surface area contributed by atoms with Crippen LogP contribution in [0.5, 0.6) is 0 Å². The molecule has 88 valence electrons. The molecule has 0 aliphatic rings. The highest BCUT2D eigenvalue weighted by atomic mass is 16.5. The van der Waals surface area contributed by atoms with Crippen molar-refractivity contribution in [1.29, 1.82) is 0 Å². The summed E-state index contributed by atoms with van der Waals surface area (Å²) in [6.07, 6.45) is 3.14. The van der Waals surface area contributed by atoms with E-state index in [0.717, 1.165) is 5.56 Å². The zero-order valence-electron chi connectivity index (χ0n) is 9.88. The number of esters is 1. The van der Waals surface area contributed by atoms with Gasteiger partial charge < -0.3 is 9.30 Å².